The number of hydrogen-bond acceptors (Lipinski definition) is 4. The molecule has 1 N–H and O–H groups in total. The first kappa shape index (κ1) is 14.3. The van der Waals surface area contributed by atoms with E-state index < -0.39 is 6.01 Å². The van der Waals surface area contributed by atoms with Crippen molar-refractivity contribution in [1.29, 1.82) is 0 Å². The van der Waals surface area contributed by atoms with Crippen molar-refractivity contribution in [3.8, 4) is 0 Å². The third-order valence-corrected chi connectivity index (χ3v) is 3.62. The number of anilines is 2. The first-order valence-corrected chi connectivity index (χ1v) is 7.33. The van der Waals surface area contributed by atoms with Gasteiger partial charge in [0.25, 0.3) is 11.9 Å². The van der Waals surface area contributed by atoms with Crippen molar-refractivity contribution in [2.75, 3.05) is 10.2 Å². The first-order valence-electron chi connectivity index (χ1n) is 7.33. The van der Waals surface area contributed by atoms with Gasteiger partial charge in [0.1, 0.15) is 18.2 Å². The minimum absolute atomic E-state index is 0.285. The molecule has 1 amide bonds. The molecular formula is C17H13FN4O2. The van der Waals surface area contributed by atoms with Crippen molar-refractivity contribution in [3.63, 3.8) is 0 Å². The zero-order chi connectivity index (χ0) is 16.5. The van der Waals surface area contributed by atoms with Gasteiger partial charge in [-0.1, -0.05) is 18.2 Å². The molecule has 0 radical (unpaired) electrons. The van der Waals surface area contributed by atoms with Crippen molar-refractivity contribution in [2.24, 2.45) is 0 Å². The third-order valence-electron chi connectivity index (χ3n) is 3.62. The predicted molar refractivity (Wildman–Crippen MR) is 86.8 cm³/mol. The standard InChI is InChI=1S/C17H13FN4O2/c18-14-6-7-16(24-14)21-9-8-15-20-13(10-22(15)11-21)17(23)19-12-4-2-1-3-5-12/h1-10H,11H2,(H,19,23). The predicted octanol–water partition coefficient (Wildman–Crippen LogP) is 3.32. The van der Waals surface area contributed by atoms with E-state index in [4.69, 9.17) is 4.42 Å². The van der Waals surface area contributed by atoms with E-state index in [1.54, 1.807) is 46.1 Å². The summed E-state index contributed by atoms with van der Waals surface area (Å²) in [5, 5.41) is 2.79. The SMILES string of the molecule is O=C(Nc1ccccc1)c1cn2c(n1)C=CN(c1ccc(F)o1)C2. The van der Waals surface area contributed by atoms with E-state index in [2.05, 4.69) is 10.3 Å². The highest BCUT2D eigenvalue weighted by atomic mass is 19.1. The summed E-state index contributed by atoms with van der Waals surface area (Å²) >= 11 is 0. The molecule has 0 atom stereocenters. The van der Waals surface area contributed by atoms with Crippen LogP contribution in [0.3, 0.4) is 0 Å². The molecule has 0 saturated heterocycles. The van der Waals surface area contributed by atoms with E-state index in [1.807, 2.05) is 18.2 Å². The monoisotopic (exact) mass is 324 g/mol. The van der Waals surface area contributed by atoms with Crippen molar-refractivity contribution in [3.05, 3.63) is 72.4 Å². The highest BCUT2D eigenvalue weighted by Gasteiger charge is 2.19. The van der Waals surface area contributed by atoms with Crippen molar-refractivity contribution >= 4 is 23.6 Å². The Kier molecular flexibility index (Phi) is 3.38. The number of nitrogens with zero attached hydrogens (tertiary/aromatic N) is 3. The van der Waals surface area contributed by atoms with Crippen LogP contribution >= 0.6 is 0 Å². The summed E-state index contributed by atoms with van der Waals surface area (Å²) < 4.78 is 19.8. The zero-order valence-electron chi connectivity index (χ0n) is 12.5. The van der Waals surface area contributed by atoms with Crippen LogP contribution in [0.4, 0.5) is 16.0 Å². The molecule has 0 fully saturated rings. The number of benzene rings is 1. The van der Waals surface area contributed by atoms with Gasteiger partial charge in [0.05, 0.1) is 0 Å². The number of imidazole rings is 1. The third kappa shape index (κ3) is 2.67. The largest absolute Gasteiger partial charge is 0.414 e. The molecule has 4 rings (SSSR count). The zero-order valence-corrected chi connectivity index (χ0v) is 12.5. The minimum atomic E-state index is -0.641. The van der Waals surface area contributed by atoms with Crippen molar-refractivity contribution < 1.29 is 13.6 Å². The summed E-state index contributed by atoms with van der Waals surface area (Å²) in [5.74, 6) is 0.752. The maximum absolute atomic E-state index is 13.0. The minimum Gasteiger partial charge on any atom is -0.414 e. The first-order chi connectivity index (χ1) is 11.7. The molecule has 0 bridgehead atoms. The lowest BCUT2D eigenvalue weighted by Crippen LogP contribution is -2.23. The number of halogens is 1. The Balaban J connectivity index is 1.53. The molecule has 0 saturated carbocycles. The summed E-state index contributed by atoms with van der Waals surface area (Å²) in [7, 11) is 0. The molecule has 2 aromatic heterocycles. The van der Waals surface area contributed by atoms with E-state index in [1.165, 1.54) is 6.07 Å². The summed E-state index contributed by atoms with van der Waals surface area (Å²) in [4.78, 5) is 18.3. The number of para-hydroxylation sites is 1. The second kappa shape index (κ2) is 5.69. The number of furan rings is 1. The molecule has 0 unspecified atom stereocenters. The number of amides is 1. The van der Waals surface area contributed by atoms with Gasteiger partial charge >= 0.3 is 0 Å². The van der Waals surface area contributed by atoms with E-state index in [0.717, 1.165) is 0 Å². The van der Waals surface area contributed by atoms with Crippen LogP contribution in [0, 0.1) is 6.01 Å². The van der Waals surface area contributed by atoms with Gasteiger partial charge in [-0.3, -0.25) is 4.79 Å². The fourth-order valence-electron chi connectivity index (χ4n) is 2.47. The fourth-order valence-corrected chi connectivity index (χ4v) is 2.47. The number of carbonyl (C=O) groups excluding carboxylic acids is 1. The summed E-state index contributed by atoms with van der Waals surface area (Å²) in [5.41, 5.74) is 1.02. The van der Waals surface area contributed by atoms with E-state index in [-0.39, 0.29) is 5.91 Å². The number of nitrogens with one attached hydrogen (secondary N) is 1. The van der Waals surface area contributed by atoms with Gasteiger partial charge in [-0.25, -0.2) is 4.98 Å². The van der Waals surface area contributed by atoms with Gasteiger partial charge in [-0.2, -0.15) is 4.39 Å². The van der Waals surface area contributed by atoms with Crippen LogP contribution in [-0.2, 0) is 6.67 Å². The van der Waals surface area contributed by atoms with Gasteiger partial charge in [-0.05, 0) is 18.2 Å². The molecule has 3 heterocycles. The highest BCUT2D eigenvalue weighted by Crippen LogP contribution is 2.23. The smallest absolute Gasteiger partial charge is 0.279 e. The molecule has 7 heteroatoms. The summed E-state index contributed by atoms with van der Waals surface area (Å²) in [6.45, 7) is 0.379. The van der Waals surface area contributed by atoms with Crippen molar-refractivity contribution in [2.45, 2.75) is 6.67 Å². The maximum Gasteiger partial charge on any atom is 0.279 e. The molecule has 1 aliphatic heterocycles. The van der Waals surface area contributed by atoms with Gasteiger partial charge in [0.2, 0.25) is 5.88 Å². The summed E-state index contributed by atoms with van der Waals surface area (Å²) in [6.07, 6.45) is 5.13. The quantitative estimate of drug-likeness (QED) is 0.803. The second-order valence-corrected chi connectivity index (χ2v) is 5.28. The van der Waals surface area contributed by atoms with E-state index in [9.17, 15) is 9.18 Å². The average molecular weight is 324 g/mol. The molecule has 3 aromatic rings. The van der Waals surface area contributed by atoms with Gasteiger partial charge < -0.3 is 19.2 Å². The normalized spacial score (nSPS) is 13.0. The molecule has 0 spiro atoms. The Hall–Kier alpha value is -3.35. The van der Waals surface area contributed by atoms with E-state index in [0.29, 0.717) is 29.8 Å². The van der Waals surface area contributed by atoms with Crippen LogP contribution in [0.1, 0.15) is 16.3 Å². The van der Waals surface area contributed by atoms with Crippen LogP contribution in [0.25, 0.3) is 6.08 Å². The molecule has 120 valence electrons. The van der Waals surface area contributed by atoms with Gasteiger partial charge in [0.15, 0.2) is 0 Å². The highest BCUT2D eigenvalue weighted by molar-refractivity contribution is 6.02. The molecule has 24 heavy (non-hydrogen) atoms. The van der Waals surface area contributed by atoms with Crippen LogP contribution in [0.5, 0.6) is 0 Å². The second-order valence-electron chi connectivity index (χ2n) is 5.28. The lowest BCUT2D eigenvalue weighted by atomic mass is 10.3. The van der Waals surface area contributed by atoms with Gasteiger partial charge in [-0.15, -0.1) is 0 Å². The van der Waals surface area contributed by atoms with Gasteiger partial charge in [0, 0.05) is 30.2 Å². The number of rotatable bonds is 3. The Morgan fingerprint density at radius 2 is 2.04 bits per heavy atom. The lowest BCUT2D eigenvalue weighted by Gasteiger charge is -2.21. The Labute approximate surface area is 136 Å². The molecular weight excluding hydrogens is 311 g/mol. The number of fused-ring (bicyclic) bond motifs is 1. The Morgan fingerprint density at radius 3 is 2.79 bits per heavy atom. The van der Waals surface area contributed by atoms with Crippen LogP contribution in [0.15, 0.2) is 59.3 Å². The molecule has 1 aromatic carbocycles. The Morgan fingerprint density at radius 1 is 1.21 bits per heavy atom. The molecule has 6 nitrogen and oxygen atoms in total. The van der Waals surface area contributed by atoms with E-state index >= 15 is 0 Å². The van der Waals surface area contributed by atoms with Crippen LogP contribution in [0.2, 0.25) is 0 Å². The number of hydrogen-bond donors (Lipinski definition) is 1. The van der Waals surface area contributed by atoms with Crippen molar-refractivity contribution in [1.82, 2.24) is 9.55 Å². The molecule has 1 aliphatic rings. The lowest BCUT2D eigenvalue weighted by molar-refractivity contribution is 0.102. The number of aromatic nitrogens is 2. The Bertz CT molecular complexity index is 914. The maximum atomic E-state index is 13.0. The fraction of sp³-hybridized carbons (Fsp3) is 0.0588. The topological polar surface area (TPSA) is 63.3 Å². The number of carbonyl (C=O) groups is 1. The molecule has 0 aliphatic carbocycles. The van der Waals surface area contributed by atoms with Crippen LogP contribution < -0.4 is 10.2 Å². The average Bonchev–Trinajstić information content (AvgIpc) is 3.21. The van der Waals surface area contributed by atoms with Crippen LogP contribution in [-0.4, -0.2) is 15.5 Å². The summed E-state index contributed by atoms with van der Waals surface area (Å²) in [6, 6.07) is 11.3.